The van der Waals surface area contributed by atoms with E-state index in [-0.39, 0.29) is 0 Å². The van der Waals surface area contributed by atoms with Crippen molar-refractivity contribution in [1.82, 2.24) is 5.32 Å². The first-order chi connectivity index (χ1) is 6.83. The van der Waals surface area contributed by atoms with Gasteiger partial charge in [0.05, 0.1) is 6.61 Å². The minimum absolute atomic E-state index is 0.447. The summed E-state index contributed by atoms with van der Waals surface area (Å²) in [5.74, 6) is 0.813. The normalized spacial score (nSPS) is 26.1. The molecule has 0 heterocycles. The SMILES string of the molecule is CCCCOCCNCC1CC(Cl)C1. The Labute approximate surface area is 92.3 Å². The molecule has 3 heteroatoms. The lowest BCUT2D eigenvalue weighted by molar-refractivity contribution is 0.131. The van der Waals surface area contributed by atoms with E-state index >= 15 is 0 Å². The molecule has 84 valence electrons. The van der Waals surface area contributed by atoms with Gasteiger partial charge in [0, 0.05) is 18.5 Å². The summed E-state index contributed by atoms with van der Waals surface area (Å²) < 4.78 is 5.44. The molecular formula is C11H22ClNO. The van der Waals surface area contributed by atoms with Gasteiger partial charge in [0.25, 0.3) is 0 Å². The van der Waals surface area contributed by atoms with E-state index in [0.717, 1.165) is 32.2 Å². The predicted octanol–water partition coefficient (Wildman–Crippen LogP) is 2.41. The zero-order valence-corrected chi connectivity index (χ0v) is 9.85. The van der Waals surface area contributed by atoms with Crippen molar-refractivity contribution in [3.63, 3.8) is 0 Å². The zero-order chi connectivity index (χ0) is 10.2. The van der Waals surface area contributed by atoms with E-state index in [2.05, 4.69) is 12.2 Å². The van der Waals surface area contributed by atoms with Crippen LogP contribution >= 0.6 is 11.6 Å². The van der Waals surface area contributed by atoms with E-state index in [4.69, 9.17) is 16.3 Å². The molecular weight excluding hydrogens is 198 g/mol. The van der Waals surface area contributed by atoms with Crippen LogP contribution in [0.1, 0.15) is 32.6 Å². The molecule has 0 amide bonds. The Hall–Kier alpha value is 0.210. The molecule has 0 unspecified atom stereocenters. The summed E-state index contributed by atoms with van der Waals surface area (Å²) in [6, 6.07) is 0. The highest BCUT2D eigenvalue weighted by Crippen LogP contribution is 2.30. The second-order valence-electron chi connectivity index (χ2n) is 4.10. The number of halogens is 1. The highest BCUT2D eigenvalue weighted by Gasteiger charge is 2.26. The standard InChI is InChI=1S/C11H22ClNO/c1-2-3-5-14-6-4-13-9-10-7-11(12)8-10/h10-11,13H,2-9H2,1H3. The second kappa shape index (κ2) is 7.49. The van der Waals surface area contributed by atoms with Gasteiger partial charge in [-0.2, -0.15) is 0 Å². The third kappa shape index (κ3) is 5.18. The van der Waals surface area contributed by atoms with Gasteiger partial charge < -0.3 is 10.1 Å². The van der Waals surface area contributed by atoms with Crippen molar-refractivity contribution in [1.29, 1.82) is 0 Å². The summed E-state index contributed by atoms with van der Waals surface area (Å²) in [6.07, 6.45) is 4.76. The first kappa shape index (κ1) is 12.3. The van der Waals surface area contributed by atoms with Crippen LogP contribution in [0.15, 0.2) is 0 Å². The summed E-state index contributed by atoms with van der Waals surface area (Å²) >= 11 is 5.89. The average molecular weight is 220 g/mol. The van der Waals surface area contributed by atoms with E-state index in [1.807, 2.05) is 0 Å². The fourth-order valence-corrected chi connectivity index (χ4v) is 2.12. The van der Waals surface area contributed by atoms with Crippen LogP contribution in [-0.4, -0.2) is 31.7 Å². The number of rotatable bonds is 8. The molecule has 0 saturated heterocycles. The number of hydrogen-bond donors (Lipinski definition) is 1. The van der Waals surface area contributed by atoms with Crippen molar-refractivity contribution in [3.8, 4) is 0 Å². The lowest BCUT2D eigenvalue weighted by Gasteiger charge is -2.30. The van der Waals surface area contributed by atoms with E-state index in [1.54, 1.807) is 0 Å². The van der Waals surface area contributed by atoms with Crippen molar-refractivity contribution >= 4 is 11.6 Å². The van der Waals surface area contributed by atoms with Gasteiger partial charge in [-0.1, -0.05) is 13.3 Å². The van der Waals surface area contributed by atoms with Gasteiger partial charge in [-0.15, -0.1) is 11.6 Å². The van der Waals surface area contributed by atoms with Gasteiger partial charge in [-0.25, -0.2) is 0 Å². The molecule has 1 N–H and O–H groups in total. The highest BCUT2D eigenvalue weighted by atomic mass is 35.5. The Balaban J connectivity index is 1.72. The van der Waals surface area contributed by atoms with Crippen LogP contribution < -0.4 is 5.32 Å². The second-order valence-corrected chi connectivity index (χ2v) is 4.72. The van der Waals surface area contributed by atoms with Gasteiger partial charge in [0.2, 0.25) is 0 Å². The van der Waals surface area contributed by atoms with Gasteiger partial charge >= 0.3 is 0 Å². The molecule has 0 bridgehead atoms. The molecule has 0 aliphatic heterocycles. The lowest BCUT2D eigenvalue weighted by atomic mass is 9.85. The van der Waals surface area contributed by atoms with Gasteiger partial charge in [0.1, 0.15) is 0 Å². The third-order valence-electron chi connectivity index (χ3n) is 2.68. The molecule has 0 atom stereocenters. The summed E-state index contributed by atoms with van der Waals surface area (Å²) in [4.78, 5) is 0. The van der Waals surface area contributed by atoms with Crippen molar-refractivity contribution in [3.05, 3.63) is 0 Å². The Kier molecular flexibility index (Phi) is 6.57. The molecule has 1 saturated carbocycles. The molecule has 2 nitrogen and oxygen atoms in total. The fraction of sp³-hybridized carbons (Fsp3) is 1.00. The number of ether oxygens (including phenoxy) is 1. The molecule has 1 aliphatic rings. The highest BCUT2D eigenvalue weighted by molar-refractivity contribution is 6.21. The van der Waals surface area contributed by atoms with Crippen molar-refractivity contribution in [2.24, 2.45) is 5.92 Å². The monoisotopic (exact) mass is 219 g/mol. The van der Waals surface area contributed by atoms with Gasteiger partial charge in [-0.3, -0.25) is 0 Å². The average Bonchev–Trinajstić information content (AvgIpc) is 2.13. The van der Waals surface area contributed by atoms with Crippen molar-refractivity contribution in [2.75, 3.05) is 26.3 Å². The lowest BCUT2D eigenvalue weighted by Crippen LogP contribution is -2.34. The molecule has 0 aromatic heterocycles. The van der Waals surface area contributed by atoms with Crippen LogP contribution in [0, 0.1) is 5.92 Å². The fourth-order valence-electron chi connectivity index (χ4n) is 1.62. The third-order valence-corrected chi connectivity index (χ3v) is 3.03. The molecule has 14 heavy (non-hydrogen) atoms. The van der Waals surface area contributed by atoms with E-state index in [1.165, 1.54) is 25.7 Å². The minimum atomic E-state index is 0.447. The van der Waals surface area contributed by atoms with Crippen molar-refractivity contribution in [2.45, 2.75) is 38.0 Å². The van der Waals surface area contributed by atoms with E-state index in [0.29, 0.717) is 5.38 Å². The van der Waals surface area contributed by atoms with E-state index in [9.17, 15) is 0 Å². The largest absolute Gasteiger partial charge is 0.380 e. The summed E-state index contributed by atoms with van der Waals surface area (Å²) in [7, 11) is 0. The predicted molar refractivity (Wildman–Crippen MR) is 61.0 cm³/mol. The Bertz CT molecular complexity index is 137. The number of nitrogens with one attached hydrogen (secondary N) is 1. The summed E-state index contributed by atoms with van der Waals surface area (Å²) in [6.45, 7) is 6.02. The summed E-state index contributed by atoms with van der Waals surface area (Å²) in [5.41, 5.74) is 0. The number of unbranched alkanes of at least 4 members (excludes halogenated alkanes) is 1. The topological polar surface area (TPSA) is 21.3 Å². The Morgan fingerprint density at radius 1 is 1.36 bits per heavy atom. The molecule has 0 aromatic rings. The molecule has 0 radical (unpaired) electrons. The van der Waals surface area contributed by atoms with Gasteiger partial charge in [-0.05, 0) is 31.7 Å². The van der Waals surface area contributed by atoms with Crippen LogP contribution in [0.5, 0.6) is 0 Å². The quantitative estimate of drug-likeness (QED) is 0.500. The first-order valence-corrected chi connectivity index (χ1v) is 6.19. The smallest absolute Gasteiger partial charge is 0.0590 e. The zero-order valence-electron chi connectivity index (χ0n) is 9.10. The minimum Gasteiger partial charge on any atom is -0.380 e. The Morgan fingerprint density at radius 2 is 2.14 bits per heavy atom. The maximum atomic E-state index is 5.89. The van der Waals surface area contributed by atoms with Gasteiger partial charge in [0.15, 0.2) is 0 Å². The number of alkyl halides is 1. The number of hydrogen-bond acceptors (Lipinski definition) is 2. The Morgan fingerprint density at radius 3 is 2.79 bits per heavy atom. The molecule has 1 aliphatic carbocycles. The molecule has 0 aromatic carbocycles. The van der Waals surface area contributed by atoms with Crippen LogP contribution in [-0.2, 0) is 4.74 Å². The summed E-state index contributed by atoms with van der Waals surface area (Å²) in [5, 5.41) is 3.85. The molecule has 1 fully saturated rings. The van der Waals surface area contributed by atoms with E-state index < -0.39 is 0 Å². The van der Waals surface area contributed by atoms with Crippen molar-refractivity contribution < 1.29 is 4.74 Å². The molecule has 1 rings (SSSR count). The van der Waals surface area contributed by atoms with Crippen LogP contribution in [0.4, 0.5) is 0 Å². The van der Waals surface area contributed by atoms with Crippen LogP contribution in [0.2, 0.25) is 0 Å². The van der Waals surface area contributed by atoms with Crippen LogP contribution in [0.25, 0.3) is 0 Å². The van der Waals surface area contributed by atoms with Crippen LogP contribution in [0.3, 0.4) is 0 Å². The first-order valence-electron chi connectivity index (χ1n) is 5.75. The molecule has 0 spiro atoms. The maximum Gasteiger partial charge on any atom is 0.0590 e. The maximum absolute atomic E-state index is 5.89.